The van der Waals surface area contributed by atoms with Crippen LogP contribution in [0.5, 0.6) is 0 Å². The lowest BCUT2D eigenvalue weighted by Crippen LogP contribution is -2.41. The fourth-order valence-electron chi connectivity index (χ4n) is 2.20. The van der Waals surface area contributed by atoms with Crippen LogP contribution in [0.1, 0.15) is 25.7 Å². The number of nitrogens with two attached hydrogens (primary N) is 1. The minimum absolute atomic E-state index is 0.259. The Labute approximate surface area is 116 Å². The summed E-state index contributed by atoms with van der Waals surface area (Å²) in [5, 5.41) is 9.00. The Balaban J connectivity index is 2.17. The van der Waals surface area contributed by atoms with Crippen LogP contribution in [0.25, 0.3) is 0 Å². The highest BCUT2D eigenvalue weighted by Crippen LogP contribution is 2.33. The minimum atomic E-state index is 0.259. The molecule has 2 rings (SSSR count). The second-order valence-corrected chi connectivity index (χ2v) is 5.73. The molecule has 0 unspecified atom stereocenters. The van der Waals surface area contributed by atoms with Gasteiger partial charge in [-0.05, 0) is 66.5 Å². The van der Waals surface area contributed by atoms with Crippen LogP contribution in [0.4, 0.5) is 11.4 Å². The minimum Gasteiger partial charge on any atom is -0.399 e. The third-order valence-electron chi connectivity index (χ3n) is 3.35. The third-order valence-corrected chi connectivity index (χ3v) is 4.22. The summed E-state index contributed by atoms with van der Waals surface area (Å²) >= 11 is 2.34. The van der Waals surface area contributed by atoms with Crippen molar-refractivity contribution < 1.29 is 5.11 Å². The number of aliphatic hydroxyl groups is 1. The fourth-order valence-corrected chi connectivity index (χ4v) is 3.04. The number of nitrogens with zero attached hydrogens (tertiary/aromatic N) is 1. The summed E-state index contributed by atoms with van der Waals surface area (Å²) in [6, 6.07) is 6.73. The number of hydrogen-bond acceptors (Lipinski definition) is 3. The number of nitrogen functional groups attached to an aromatic ring is 1. The number of halogens is 1. The third kappa shape index (κ3) is 3.04. The zero-order chi connectivity index (χ0) is 12.3. The van der Waals surface area contributed by atoms with Crippen LogP contribution in [0.15, 0.2) is 18.2 Å². The molecule has 0 saturated heterocycles. The number of aliphatic hydroxyl groups excluding tert-OH is 1. The predicted molar refractivity (Wildman–Crippen MR) is 80.3 cm³/mol. The zero-order valence-corrected chi connectivity index (χ0v) is 12.1. The van der Waals surface area contributed by atoms with E-state index in [1.165, 1.54) is 28.5 Å². The number of rotatable bonds is 5. The van der Waals surface area contributed by atoms with E-state index in [0.717, 1.165) is 18.7 Å². The van der Waals surface area contributed by atoms with E-state index in [1.54, 1.807) is 0 Å². The Kier molecular flexibility index (Phi) is 4.50. The van der Waals surface area contributed by atoms with Gasteiger partial charge in [-0.2, -0.15) is 0 Å². The Bertz CT molecular complexity index is 380. The zero-order valence-electron chi connectivity index (χ0n) is 9.90. The van der Waals surface area contributed by atoms with Crippen molar-refractivity contribution >= 4 is 34.0 Å². The Morgan fingerprint density at radius 3 is 2.71 bits per heavy atom. The highest BCUT2D eigenvalue weighted by molar-refractivity contribution is 14.1. The average molecular weight is 346 g/mol. The first-order valence-electron chi connectivity index (χ1n) is 6.15. The molecule has 17 heavy (non-hydrogen) atoms. The first-order chi connectivity index (χ1) is 8.22. The summed E-state index contributed by atoms with van der Waals surface area (Å²) in [7, 11) is 0. The van der Waals surface area contributed by atoms with Crippen molar-refractivity contribution in [2.75, 3.05) is 23.8 Å². The molecule has 1 aromatic rings. The fraction of sp³-hybridized carbons (Fsp3) is 0.538. The normalized spacial score (nSPS) is 15.6. The predicted octanol–water partition coefficient (Wildman–Crippen LogP) is 2.61. The summed E-state index contributed by atoms with van der Waals surface area (Å²) in [6.07, 6.45) is 4.70. The summed E-state index contributed by atoms with van der Waals surface area (Å²) < 4.78 is 1.20. The lowest BCUT2D eigenvalue weighted by atomic mass is 9.91. The van der Waals surface area contributed by atoms with E-state index in [4.69, 9.17) is 10.8 Å². The van der Waals surface area contributed by atoms with Crippen molar-refractivity contribution in [2.45, 2.75) is 31.7 Å². The van der Waals surface area contributed by atoms with Gasteiger partial charge in [0.05, 0.1) is 5.69 Å². The molecule has 1 saturated carbocycles. The molecule has 0 bridgehead atoms. The summed E-state index contributed by atoms with van der Waals surface area (Å²) in [6.45, 7) is 1.19. The van der Waals surface area contributed by atoms with Gasteiger partial charge in [0.1, 0.15) is 0 Å². The lowest BCUT2D eigenvalue weighted by Gasteiger charge is -2.40. The van der Waals surface area contributed by atoms with Gasteiger partial charge in [0, 0.05) is 28.5 Å². The van der Waals surface area contributed by atoms with E-state index < -0.39 is 0 Å². The number of benzene rings is 1. The van der Waals surface area contributed by atoms with Crippen molar-refractivity contribution in [3.05, 3.63) is 21.8 Å². The molecule has 0 aliphatic heterocycles. The van der Waals surface area contributed by atoms with Gasteiger partial charge in [-0.1, -0.05) is 0 Å². The summed E-state index contributed by atoms with van der Waals surface area (Å²) in [4.78, 5) is 2.43. The van der Waals surface area contributed by atoms with E-state index in [9.17, 15) is 0 Å². The SMILES string of the molecule is Nc1ccc(N(CCCO)C2CCC2)c(I)c1. The molecule has 0 amide bonds. The van der Waals surface area contributed by atoms with Gasteiger partial charge in [0.15, 0.2) is 0 Å². The van der Waals surface area contributed by atoms with Crippen molar-refractivity contribution in [3.8, 4) is 0 Å². The number of anilines is 2. The van der Waals surface area contributed by atoms with Crippen LogP contribution in [-0.4, -0.2) is 24.3 Å². The van der Waals surface area contributed by atoms with Crippen molar-refractivity contribution in [2.24, 2.45) is 0 Å². The molecule has 3 N–H and O–H groups in total. The van der Waals surface area contributed by atoms with E-state index in [1.807, 2.05) is 12.1 Å². The summed E-state index contributed by atoms with van der Waals surface area (Å²) in [5.74, 6) is 0. The topological polar surface area (TPSA) is 49.5 Å². The number of hydrogen-bond donors (Lipinski definition) is 2. The van der Waals surface area contributed by atoms with E-state index >= 15 is 0 Å². The van der Waals surface area contributed by atoms with Gasteiger partial charge in [0.2, 0.25) is 0 Å². The quantitative estimate of drug-likeness (QED) is 0.637. The first-order valence-corrected chi connectivity index (χ1v) is 7.23. The first kappa shape index (κ1) is 13.0. The van der Waals surface area contributed by atoms with Gasteiger partial charge >= 0.3 is 0 Å². The molecule has 0 aromatic heterocycles. The second-order valence-electron chi connectivity index (χ2n) is 4.57. The van der Waals surface area contributed by atoms with Crippen molar-refractivity contribution in [1.29, 1.82) is 0 Å². The maximum absolute atomic E-state index is 9.00. The molecular formula is C13H19IN2O. The molecule has 94 valence electrons. The van der Waals surface area contributed by atoms with Gasteiger partial charge in [0.25, 0.3) is 0 Å². The molecule has 1 aromatic carbocycles. The Hall–Kier alpha value is -0.490. The maximum Gasteiger partial charge on any atom is 0.0505 e. The lowest BCUT2D eigenvalue weighted by molar-refractivity contribution is 0.283. The maximum atomic E-state index is 9.00. The Morgan fingerprint density at radius 1 is 1.41 bits per heavy atom. The largest absolute Gasteiger partial charge is 0.399 e. The van der Waals surface area contributed by atoms with Crippen LogP contribution >= 0.6 is 22.6 Å². The smallest absolute Gasteiger partial charge is 0.0505 e. The highest BCUT2D eigenvalue weighted by Gasteiger charge is 2.25. The molecule has 4 heteroatoms. The van der Waals surface area contributed by atoms with Gasteiger partial charge in [-0.25, -0.2) is 0 Å². The molecule has 1 aliphatic carbocycles. The van der Waals surface area contributed by atoms with E-state index in [2.05, 4.69) is 33.6 Å². The van der Waals surface area contributed by atoms with Crippen LogP contribution in [-0.2, 0) is 0 Å². The molecule has 3 nitrogen and oxygen atoms in total. The van der Waals surface area contributed by atoms with Gasteiger partial charge in [-0.15, -0.1) is 0 Å². The van der Waals surface area contributed by atoms with Gasteiger partial charge < -0.3 is 15.7 Å². The van der Waals surface area contributed by atoms with Crippen molar-refractivity contribution in [1.82, 2.24) is 0 Å². The summed E-state index contributed by atoms with van der Waals surface area (Å²) in [5.41, 5.74) is 7.86. The van der Waals surface area contributed by atoms with Crippen LogP contribution in [0, 0.1) is 3.57 Å². The Morgan fingerprint density at radius 2 is 2.18 bits per heavy atom. The van der Waals surface area contributed by atoms with Crippen molar-refractivity contribution in [3.63, 3.8) is 0 Å². The molecule has 1 fully saturated rings. The molecule has 1 aliphatic rings. The molecular weight excluding hydrogens is 327 g/mol. The molecule has 0 spiro atoms. The molecule has 0 radical (unpaired) electrons. The molecule has 0 atom stereocenters. The molecule has 0 heterocycles. The van der Waals surface area contributed by atoms with Crippen LogP contribution < -0.4 is 10.6 Å². The second kappa shape index (κ2) is 5.91. The van der Waals surface area contributed by atoms with Crippen LogP contribution in [0.2, 0.25) is 0 Å². The standard InChI is InChI=1S/C13H19IN2O/c14-12-9-10(15)5-6-13(12)16(7-2-8-17)11-3-1-4-11/h5-6,9,11,17H,1-4,7-8,15H2. The highest BCUT2D eigenvalue weighted by atomic mass is 127. The van der Waals surface area contributed by atoms with E-state index in [-0.39, 0.29) is 6.61 Å². The monoisotopic (exact) mass is 346 g/mol. The van der Waals surface area contributed by atoms with Gasteiger partial charge in [-0.3, -0.25) is 0 Å². The van der Waals surface area contributed by atoms with Crippen LogP contribution in [0.3, 0.4) is 0 Å². The average Bonchev–Trinajstić information content (AvgIpc) is 2.22. The van der Waals surface area contributed by atoms with E-state index in [0.29, 0.717) is 6.04 Å².